The molecule has 0 fully saturated rings. The van der Waals surface area contributed by atoms with Crippen LogP contribution in [0.2, 0.25) is 0 Å². The first-order valence-electron chi connectivity index (χ1n) is 5.90. The molecule has 0 unspecified atom stereocenters. The van der Waals surface area contributed by atoms with Gasteiger partial charge in [0.05, 0.1) is 15.2 Å². The van der Waals surface area contributed by atoms with Crippen LogP contribution in [0.25, 0.3) is 10.2 Å². The first kappa shape index (κ1) is 11.2. The quantitative estimate of drug-likeness (QED) is 0.675. The maximum atomic E-state index is 4.54. The third-order valence-corrected chi connectivity index (χ3v) is 3.96. The van der Waals surface area contributed by atoms with Crippen LogP contribution in [0.15, 0.2) is 48.5 Å². The largest absolute Gasteiger partial charge is 0.345 e. The van der Waals surface area contributed by atoms with Crippen LogP contribution in [-0.4, -0.2) is 12.0 Å². The summed E-state index contributed by atoms with van der Waals surface area (Å²) in [5, 5.41) is 1.12. The molecular weight excluding hydrogens is 240 g/mol. The lowest BCUT2D eigenvalue weighted by Crippen LogP contribution is -2.08. The fraction of sp³-hybridized carbons (Fsp3) is 0.133. The predicted molar refractivity (Wildman–Crippen MR) is 78.9 cm³/mol. The second kappa shape index (κ2) is 4.42. The summed E-state index contributed by atoms with van der Waals surface area (Å²) in [4.78, 5) is 6.72. The van der Waals surface area contributed by atoms with Crippen molar-refractivity contribution in [3.8, 4) is 0 Å². The minimum absolute atomic E-state index is 1.08. The Kier molecular flexibility index (Phi) is 2.76. The molecule has 90 valence electrons. The number of aromatic nitrogens is 1. The topological polar surface area (TPSA) is 16.1 Å². The highest BCUT2D eigenvalue weighted by Crippen LogP contribution is 2.29. The normalized spacial score (nSPS) is 10.8. The SMILES string of the molecule is Cc1nc2cc(N(C)c3ccccc3)ccc2s1. The number of rotatable bonds is 2. The number of aryl methyl sites for hydroxylation is 1. The molecule has 1 aromatic heterocycles. The van der Waals surface area contributed by atoms with Crippen LogP contribution in [0.3, 0.4) is 0 Å². The highest BCUT2D eigenvalue weighted by molar-refractivity contribution is 7.18. The minimum Gasteiger partial charge on any atom is -0.345 e. The second-order valence-electron chi connectivity index (χ2n) is 4.28. The van der Waals surface area contributed by atoms with Crippen LogP contribution in [0.5, 0.6) is 0 Å². The molecule has 3 rings (SSSR count). The third-order valence-electron chi connectivity index (χ3n) is 3.01. The van der Waals surface area contributed by atoms with Gasteiger partial charge in [0.1, 0.15) is 0 Å². The van der Waals surface area contributed by atoms with E-state index in [1.807, 2.05) is 13.0 Å². The lowest BCUT2D eigenvalue weighted by atomic mass is 10.2. The fourth-order valence-corrected chi connectivity index (χ4v) is 2.85. The van der Waals surface area contributed by atoms with E-state index in [-0.39, 0.29) is 0 Å². The van der Waals surface area contributed by atoms with Gasteiger partial charge in [0.25, 0.3) is 0 Å². The van der Waals surface area contributed by atoms with Crippen molar-refractivity contribution < 1.29 is 0 Å². The molecule has 0 N–H and O–H groups in total. The molecule has 3 heteroatoms. The summed E-state index contributed by atoms with van der Waals surface area (Å²) in [5.74, 6) is 0. The molecule has 2 nitrogen and oxygen atoms in total. The van der Waals surface area contributed by atoms with Gasteiger partial charge in [-0.05, 0) is 37.3 Å². The number of fused-ring (bicyclic) bond motifs is 1. The van der Waals surface area contributed by atoms with Crippen LogP contribution < -0.4 is 4.90 Å². The van der Waals surface area contributed by atoms with E-state index >= 15 is 0 Å². The van der Waals surface area contributed by atoms with Crippen molar-refractivity contribution in [1.29, 1.82) is 0 Å². The molecule has 0 spiro atoms. The van der Waals surface area contributed by atoms with E-state index in [2.05, 4.69) is 59.4 Å². The van der Waals surface area contributed by atoms with E-state index in [1.165, 1.54) is 16.1 Å². The van der Waals surface area contributed by atoms with Gasteiger partial charge in [0.2, 0.25) is 0 Å². The molecule has 0 aliphatic heterocycles. The van der Waals surface area contributed by atoms with Gasteiger partial charge in [-0.1, -0.05) is 18.2 Å². The van der Waals surface area contributed by atoms with E-state index in [0.29, 0.717) is 0 Å². The summed E-state index contributed by atoms with van der Waals surface area (Å²) in [6.45, 7) is 2.05. The Labute approximate surface area is 111 Å². The first-order valence-corrected chi connectivity index (χ1v) is 6.72. The van der Waals surface area contributed by atoms with Crippen molar-refractivity contribution in [3.05, 3.63) is 53.5 Å². The number of hydrogen-bond donors (Lipinski definition) is 0. The van der Waals surface area contributed by atoms with Gasteiger partial charge in [0.15, 0.2) is 0 Å². The van der Waals surface area contributed by atoms with Crippen molar-refractivity contribution in [2.75, 3.05) is 11.9 Å². The van der Waals surface area contributed by atoms with Gasteiger partial charge >= 0.3 is 0 Å². The highest BCUT2D eigenvalue weighted by atomic mass is 32.1. The monoisotopic (exact) mass is 254 g/mol. The zero-order valence-corrected chi connectivity index (χ0v) is 11.2. The van der Waals surface area contributed by atoms with Crippen molar-refractivity contribution >= 4 is 32.9 Å². The van der Waals surface area contributed by atoms with Gasteiger partial charge in [-0.2, -0.15) is 0 Å². The van der Waals surface area contributed by atoms with Gasteiger partial charge in [0, 0.05) is 18.4 Å². The van der Waals surface area contributed by atoms with Crippen LogP contribution in [0, 0.1) is 6.92 Å². The van der Waals surface area contributed by atoms with Crippen molar-refractivity contribution in [2.24, 2.45) is 0 Å². The van der Waals surface area contributed by atoms with E-state index in [4.69, 9.17) is 0 Å². The van der Waals surface area contributed by atoms with E-state index in [1.54, 1.807) is 11.3 Å². The Bertz CT molecular complexity index is 673. The smallest absolute Gasteiger partial charge is 0.0907 e. The summed E-state index contributed by atoms with van der Waals surface area (Å²) < 4.78 is 1.25. The zero-order chi connectivity index (χ0) is 12.5. The van der Waals surface area contributed by atoms with Crippen LogP contribution in [0.1, 0.15) is 5.01 Å². The number of nitrogens with zero attached hydrogens (tertiary/aromatic N) is 2. The van der Waals surface area contributed by atoms with Gasteiger partial charge < -0.3 is 4.90 Å². The van der Waals surface area contributed by atoms with E-state index in [9.17, 15) is 0 Å². The summed E-state index contributed by atoms with van der Waals surface area (Å²) in [7, 11) is 2.08. The molecule has 0 atom stereocenters. The summed E-state index contributed by atoms with van der Waals surface area (Å²) in [6.07, 6.45) is 0. The van der Waals surface area contributed by atoms with Crippen molar-refractivity contribution in [2.45, 2.75) is 6.92 Å². The van der Waals surface area contributed by atoms with Gasteiger partial charge in [-0.15, -0.1) is 11.3 Å². The first-order chi connectivity index (χ1) is 8.74. The third kappa shape index (κ3) is 1.97. The molecule has 0 amide bonds. The molecule has 3 aromatic rings. The summed E-state index contributed by atoms with van der Waals surface area (Å²) in [6, 6.07) is 16.8. The number of anilines is 2. The molecule has 18 heavy (non-hydrogen) atoms. The minimum atomic E-state index is 1.08. The molecule has 0 aliphatic rings. The molecular formula is C15H14N2S. The Hall–Kier alpha value is -1.87. The molecule has 0 radical (unpaired) electrons. The van der Waals surface area contributed by atoms with Gasteiger partial charge in [-0.3, -0.25) is 0 Å². The Balaban J connectivity index is 2.03. The second-order valence-corrected chi connectivity index (χ2v) is 5.51. The molecule has 0 aliphatic carbocycles. The molecule has 0 saturated heterocycles. The molecule has 0 saturated carbocycles. The average Bonchev–Trinajstić information content (AvgIpc) is 2.78. The number of hydrogen-bond acceptors (Lipinski definition) is 3. The Morgan fingerprint density at radius 1 is 1.00 bits per heavy atom. The zero-order valence-electron chi connectivity index (χ0n) is 10.4. The predicted octanol–water partition coefficient (Wildman–Crippen LogP) is 4.37. The van der Waals surface area contributed by atoms with Crippen LogP contribution >= 0.6 is 11.3 Å². The van der Waals surface area contributed by atoms with Crippen molar-refractivity contribution in [3.63, 3.8) is 0 Å². The summed E-state index contributed by atoms with van der Waals surface area (Å²) >= 11 is 1.74. The highest BCUT2D eigenvalue weighted by Gasteiger charge is 2.06. The van der Waals surface area contributed by atoms with Crippen LogP contribution in [-0.2, 0) is 0 Å². The lowest BCUT2D eigenvalue weighted by Gasteiger charge is -2.19. The fourth-order valence-electron chi connectivity index (χ4n) is 2.04. The molecule has 2 aromatic carbocycles. The van der Waals surface area contributed by atoms with Crippen LogP contribution in [0.4, 0.5) is 11.4 Å². The van der Waals surface area contributed by atoms with Gasteiger partial charge in [-0.25, -0.2) is 4.98 Å². The average molecular weight is 254 g/mol. The Morgan fingerprint density at radius 2 is 1.78 bits per heavy atom. The molecule has 0 bridgehead atoms. The number of thiazole rings is 1. The molecule has 1 heterocycles. The van der Waals surface area contributed by atoms with E-state index in [0.717, 1.165) is 10.5 Å². The van der Waals surface area contributed by atoms with E-state index < -0.39 is 0 Å². The number of para-hydroxylation sites is 1. The maximum Gasteiger partial charge on any atom is 0.0907 e. The number of benzene rings is 2. The maximum absolute atomic E-state index is 4.54. The standard InChI is InChI=1S/C15H14N2S/c1-11-16-14-10-13(8-9-15(14)18-11)17(2)12-6-4-3-5-7-12/h3-10H,1-2H3. The van der Waals surface area contributed by atoms with Crippen molar-refractivity contribution in [1.82, 2.24) is 4.98 Å². The summed E-state index contributed by atoms with van der Waals surface area (Å²) in [5.41, 5.74) is 3.43. The lowest BCUT2D eigenvalue weighted by molar-refractivity contribution is 1.21. The Morgan fingerprint density at radius 3 is 2.56 bits per heavy atom.